The molecule has 2 aliphatic rings. The number of phenolic OH excluding ortho intramolecular Hbond substituents is 4. The number of Topliss-reactive ketones (excluding diaryl/α,β-unsaturated/α-hetero) is 1. The van der Waals surface area contributed by atoms with Crippen molar-refractivity contribution in [3.8, 4) is 23.0 Å². The van der Waals surface area contributed by atoms with Gasteiger partial charge in [0.05, 0.1) is 0 Å². The Kier molecular flexibility index (Phi) is 17.3. The number of carbonyl (C=O) groups is 1. The first-order chi connectivity index (χ1) is 15.8. The second-order valence-corrected chi connectivity index (χ2v) is 9.55. The van der Waals surface area contributed by atoms with Crippen LogP contribution in [0.4, 0.5) is 0 Å². The van der Waals surface area contributed by atoms with Crippen LogP contribution in [-0.4, -0.2) is 37.9 Å². The van der Waals surface area contributed by atoms with Gasteiger partial charge in [0.15, 0.2) is 0 Å². The van der Waals surface area contributed by atoms with E-state index in [4.69, 9.17) is 5.11 Å². The molecule has 0 bridgehead atoms. The van der Waals surface area contributed by atoms with E-state index in [0.717, 1.165) is 62.5 Å². The maximum absolute atomic E-state index is 11.3. The Bertz CT molecular complexity index is 942. The van der Waals surface area contributed by atoms with Crippen LogP contribution < -0.4 is 0 Å². The maximum Gasteiger partial charge on any atom is 0.132 e. The fraction of sp³-hybridized carbons (Fsp3) is 0.519. The van der Waals surface area contributed by atoms with Gasteiger partial charge in [-0.2, -0.15) is 0 Å². The Labute approximate surface area is 273 Å². The van der Waals surface area contributed by atoms with Gasteiger partial charge < -0.3 is 25.5 Å². The Balaban J connectivity index is 0.000000629. The third kappa shape index (κ3) is 10.2. The minimum Gasteiger partial charge on any atom is -0.508 e. The quantitative estimate of drug-likeness (QED) is 0.224. The third-order valence-corrected chi connectivity index (χ3v) is 7.31. The van der Waals surface area contributed by atoms with Crippen LogP contribution in [0.3, 0.4) is 0 Å². The Morgan fingerprint density at radius 3 is 1.44 bits per heavy atom. The number of carbonyl (C=O) groups excluding carboxylic acids is 1. The molecule has 1 radical (unpaired) electrons. The number of aliphatic hydroxyl groups is 1. The van der Waals surface area contributed by atoms with Crippen molar-refractivity contribution in [3.05, 3.63) is 47.5 Å². The predicted molar refractivity (Wildman–Crippen MR) is 158 cm³/mol. The molecule has 0 unspecified atom stereocenters. The Hall–Kier alpha value is -0.166. The zero-order chi connectivity index (χ0) is 24.0. The largest absolute Gasteiger partial charge is 0.508 e. The minimum absolute atomic E-state index is 0. The van der Waals surface area contributed by atoms with Crippen LogP contribution in [0, 0.1) is 11.8 Å². The smallest absolute Gasteiger partial charge is 0.132 e. The van der Waals surface area contributed by atoms with Crippen molar-refractivity contribution in [2.45, 2.75) is 70.1 Å². The summed E-state index contributed by atoms with van der Waals surface area (Å²) in [6, 6.07) is 9.58. The first kappa shape index (κ1) is 35.8. The summed E-state index contributed by atoms with van der Waals surface area (Å²) in [5.41, 5.74) is 1.82. The second-order valence-electron chi connectivity index (χ2n) is 9.55. The fourth-order valence-corrected chi connectivity index (χ4v) is 5.22. The van der Waals surface area contributed by atoms with E-state index < -0.39 is 0 Å². The van der Waals surface area contributed by atoms with Crippen molar-refractivity contribution in [1.29, 1.82) is 0 Å². The SMILES string of the molecule is CC(=O)C1CCC(c2ccc(O)cc2O)CC1.I.I.OCC1CCC(c2ccc(O)cc2O)CC1.[Y]. The molecule has 2 saturated carbocycles. The van der Waals surface area contributed by atoms with Crippen LogP contribution in [0.5, 0.6) is 23.0 Å². The van der Waals surface area contributed by atoms with Crippen molar-refractivity contribution in [2.24, 2.45) is 11.8 Å². The van der Waals surface area contributed by atoms with E-state index in [0.29, 0.717) is 17.8 Å². The van der Waals surface area contributed by atoms with Crippen molar-refractivity contribution in [3.63, 3.8) is 0 Å². The molecule has 0 aromatic heterocycles. The number of ketones is 1. The van der Waals surface area contributed by atoms with Crippen molar-refractivity contribution in [2.75, 3.05) is 6.61 Å². The molecule has 2 aliphatic carbocycles. The summed E-state index contributed by atoms with van der Waals surface area (Å²) >= 11 is 0. The van der Waals surface area contributed by atoms with Gasteiger partial charge in [0.25, 0.3) is 0 Å². The van der Waals surface area contributed by atoms with E-state index >= 15 is 0 Å². The molecule has 0 amide bonds. The summed E-state index contributed by atoms with van der Waals surface area (Å²) in [5, 5.41) is 47.1. The molecule has 6 nitrogen and oxygen atoms in total. The van der Waals surface area contributed by atoms with Gasteiger partial charge in [-0.25, -0.2) is 0 Å². The summed E-state index contributed by atoms with van der Waals surface area (Å²) < 4.78 is 0. The molecule has 0 atom stereocenters. The average Bonchev–Trinajstić information content (AvgIpc) is 2.80. The minimum atomic E-state index is 0. The zero-order valence-electron chi connectivity index (χ0n) is 20.7. The molecule has 0 aliphatic heterocycles. The van der Waals surface area contributed by atoms with Gasteiger partial charge in [0.2, 0.25) is 0 Å². The first-order valence-electron chi connectivity index (χ1n) is 11.9. The Morgan fingerprint density at radius 2 is 1.11 bits per heavy atom. The fourth-order valence-electron chi connectivity index (χ4n) is 5.22. The molecule has 36 heavy (non-hydrogen) atoms. The molecule has 9 heteroatoms. The van der Waals surface area contributed by atoms with E-state index in [2.05, 4.69) is 0 Å². The van der Waals surface area contributed by atoms with Crippen LogP contribution in [0.15, 0.2) is 36.4 Å². The molecule has 0 saturated heterocycles. The summed E-state index contributed by atoms with van der Waals surface area (Å²) in [6.07, 6.45) is 7.71. The molecular weight excluding hydrogens is 763 g/mol. The number of hydrogen-bond donors (Lipinski definition) is 5. The molecule has 2 aromatic rings. The van der Waals surface area contributed by atoms with E-state index in [-0.39, 0.29) is 122 Å². The van der Waals surface area contributed by atoms with Crippen molar-refractivity contribution < 1.29 is 63.0 Å². The van der Waals surface area contributed by atoms with Gasteiger partial charge in [-0.1, -0.05) is 12.1 Å². The molecule has 4 rings (SSSR count). The average molecular weight is 801 g/mol. The monoisotopic (exact) mass is 801 g/mol. The van der Waals surface area contributed by atoms with Crippen LogP contribution in [-0.2, 0) is 37.5 Å². The van der Waals surface area contributed by atoms with Gasteiger partial charge in [0, 0.05) is 57.4 Å². The maximum atomic E-state index is 11.3. The predicted octanol–water partition coefficient (Wildman–Crippen LogP) is 6.56. The number of halogens is 2. The summed E-state index contributed by atoms with van der Waals surface area (Å²) in [4.78, 5) is 11.3. The number of phenols is 4. The van der Waals surface area contributed by atoms with Crippen LogP contribution in [0.25, 0.3) is 0 Å². The zero-order valence-corrected chi connectivity index (χ0v) is 28.2. The normalized spacial score (nSPS) is 22.9. The van der Waals surface area contributed by atoms with Gasteiger partial charge in [-0.3, -0.25) is 4.79 Å². The summed E-state index contributed by atoms with van der Waals surface area (Å²) in [6.45, 7) is 1.93. The first-order valence-corrected chi connectivity index (χ1v) is 11.9. The summed E-state index contributed by atoms with van der Waals surface area (Å²) in [5.74, 6) is 2.12. The summed E-state index contributed by atoms with van der Waals surface area (Å²) in [7, 11) is 0. The molecule has 199 valence electrons. The van der Waals surface area contributed by atoms with E-state index in [9.17, 15) is 25.2 Å². The number of rotatable bonds is 4. The molecule has 5 N–H and O–H groups in total. The van der Waals surface area contributed by atoms with Crippen LogP contribution >= 0.6 is 48.0 Å². The van der Waals surface area contributed by atoms with Crippen LogP contribution in [0.2, 0.25) is 0 Å². The van der Waals surface area contributed by atoms with Gasteiger partial charge in [-0.05, 0) is 99.3 Å². The van der Waals surface area contributed by atoms with E-state index in [1.807, 2.05) is 0 Å². The molecular formula is C27H38I2O6Y. The van der Waals surface area contributed by atoms with Crippen molar-refractivity contribution >= 4 is 53.7 Å². The molecule has 2 fully saturated rings. The number of benzene rings is 2. The van der Waals surface area contributed by atoms with Gasteiger partial charge in [0.1, 0.15) is 28.8 Å². The third-order valence-electron chi connectivity index (χ3n) is 7.31. The van der Waals surface area contributed by atoms with E-state index in [1.54, 1.807) is 31.2 Å². The Morgan fingerprint density at radius 1 is 0.722 bits per heavy atom. The van der Waals surface area contributed by atoms with Crippen molar-refractivity contribution in [1.82, 2.24) is 0 Å². The number of aromatic hydroxyl groups is 4. The number of hydrogen-bond acceptors (Lipinski definition) is 6. The van der Waals surface area contributed by atoms with Crippen LogP contribution in [0.1, 0.15) is 81.3 Å². The molecule has 0 heterocycles. The second kappa shape index (κ2) is 17.4. The van der Waals surface area contributed by atoms with Gasteiger partial charge in [-0.15, -0.1) is 48.0 Å². The van der Waals surface area contributed by atoms with Gasteiger partial charge >= 0.3 is 0 Å². The molecule has 0 spiro atoms. The molecule has 2 aromatic carbocycles. The topological polar surface area (TPSA) is 118 Å². The number of aliphatic hydroxyl groups excluding tert-OH is 1. The standard InChI is InChI=1S/C14H18O3.C13H18O3.2HI.Y/c1-9(15)10-2-4-11(5-3-10)13-7-6-12(16)8-14(13)17;14-8-9-1-3-10(4-2-9)12-6-5-11(15)7-13(12)16;;;/h6-8,10-11,16-17H,2-5H2,1H3;5-7,9-10,14-16H,1-4,8H2;2*1H;. The van der Waals surface area contributed by atoms with E-state index in [1.165, 1.54) is 12.1 Å².